The highest BCUT2D eigenvalue weighted by Crippen LogP contribution is 2.23. The molecule has 7 heteroatoms. The first kappa shape index (κ1) is 19.1. The number of halogens is 1. The average Bonchev–Trinajstić information content (AvgIpc) is 2.62. The van der Waals surface area contributed by atoms with Crippen molar-refractivity contribution < 1.29 is 13.2 Å². The standard InChI is InChI=1S/C19H21BrN2O3S/c20-17-6-4-5-15(13-17)14-26(24,25)22-11-9-16(10-12-22)19(23)21-18-7-2-1-3-8-18/h1-8,13,16H,9-12,14H2,(H,21,23). The van der Waals surface area contributed by atoms with Crippen molar-refractivity contribution in [2.45, 2.75) is 18.6 Å². The number of hydrogen-bond donors (Lipinski definition) is 1. The number of rotatable bonds is 5. The van der Waals surface area contributed by atoms with Crippen molar-refractivity contribution in [2.75, 3.05) is 18.4 Å². The molecule has 1 saturated heterocycles. The second-order valence-corrected chi connectivity index (χ2v) is 9.30. The zero-order valence-corrected chi connectivity index (χ0v) is 16.7. The molecule has 0 unspecified atom stereocenters. The van der Waals surface area contributed by atoms with E-state index in [1.165, 1.54) is 4.31 Å². The van der Waals surface area contributed by atoms with Crippen LogP contribution in [0.3, 0.4) is 0 Å². The van der Waals surface area contributed by atoms with Crippen LogP contribution >= 0.6 is 15.9 Å². The molecule has 0 radical (unpaired) electrons. The molecule has 0 spiro atoms. The SMILES string of the molecule is O=C(Nc1ccccc1)C1CCN(S(=O)(=O)Cc2cccc(Br)c2)CC1. The first-order chi connectivity index (χ1) is 12.4. The van der Waals surface area contributed by atoms with E-state index in [0.29, 0.717) is 25.9 Å². The minimum atomic E-state index is -3.38. The number of para-hydroxylation sites is 1. The molecule has 0 aromatic heterocycles. The van der Waals surface area contributed by atoms with Crippen LogP contribution < -0.4 is 5.32 Å². The first-order valence-electron chi connectivity index (χ1n) is 8.52. The van der Waals surface area contributed by atoms with Crippen LogP contribution in [0.4, 0.5) is 5.69 Å². The van der Waals surface area contributed by atoms with Gasteiger partial charge in [0.15, 0.2) is 0 Å². The number of hydrogen-bond acceptors (Lipinski definition) is 3. The number of anilines is 1. The Hall–Kier alpha value is -1.70. The summed E-state index contributed by atoms with van der Waals surface area (Å²) >= 11 is 3.36. The number of amides is 1. The molecule has 1 aliphatic rings. The molecule has 2 aromatic rings. The Morgan fingerprint density at radius 1 is 1.08 bits per heavy atom. The van der Waals surface area contributed by atoms with Crippen molar-refractivity contribution in [1.82, 2.24) is 4.31 Å². The summed E-state index contributed by atoms with van der Waals surface area (Å²) in [5.41, 5.74) is 1.52. The number of carbonyl (C=O) groups is 1. The summed E-state index contributed by atoms with van der Waals surface area (Å²) < 4.78 is 27.7. The van der Waals surface area contributed by atoms with Gasteiger partial charge in [0.05, 0.1) is 5.75 Å². The van der Waals surface area contributed by atoms with E-state index in [9.17, 15) is 13.2 Å². The van der Waals surface area contributed by atoms with Gasteiger partial charge in [-0.25, -0.2) is 12.7 Å². The van der Waals surface area contributed by atoms with Gasteiger partial charge in [-0.15, -0.1) is 0 Å². The van der Waals surface area contributed by atoms with Crippen LogP contribution in [0.5, 0.6) is 0 Å². The van der Waals surface area contributed by atoms with Crippen LogP contribution in [0, 0.1) is 5.92 Å². The van der Waals surface area contributed by atoms with Gasteiger partial charge in [0.2, 0.25) is 15.9 Å². The second-order valence-electron chi connectivity index (χ2n) is 6.41. The lowest BCUT2D eigenvalue weighted by Gasteiger charge is -2.30. The van der Waals surface area contributed by atoms with Gasteiger partial charge in [0.25, 0.3) is 0 Å². The zero-order chi connectivity index (χ0) is 18.6. The van der Waals surface area contributed by atoms with Gasteiger partial charge in [-0.05, 0) is 42.7 Å². The van der Waals surface area contributed by atoms with Crippen LogP contribution in [0.2, 0.25) is 0 Å². The zero-order valence-electron chi connectivity index (χ0n) is 14.3. The monoisotopic (exact) mass is 436 g/mol. The Bertz CT molecular complexity index is 863. The van der Waals surface area contributed by atoms with Gasteiger partial charge >= 0.3 is 0 Å². The molecule has 138 valence electrons. The molecule has 1 N–H and O–H groups in total. The van der Waals surface area contributed by atoms with Crippen molar-refractivity contribution in [3.8, 4) is 0 Å². The van der Waals surface area contributed by atoms with Gasteiger partial charge in [0.1, 0.15) is 0 Å². The predicted octanol–water partition coefficient (Wildman–Crippen LogP) is 3.63. The van der Waals surface area contributed by atoms with Crippen molar-refractivity contribution >= 4 is 37.5 Å². The highest BCUT2D eigenvalue weighted by Gasteiger charge is 2.31. The maximum Gasteiger partial charge on any atom is 0.227 e. The van der Waals surface area contributed by atoms with Crippen molar-refractivity contribution in [3.05, 3.63) is 64.6 Å². The first-order valence-corrected chi connectivity index (χ1v) is 10.9. The van der Waals surface area contributed by atoms with Crippen molar-refractivity contribution in [3.63, 3.8) is 0 Å². The summed E-state index contributed by atoms with van der Waals surface area (Å²) in [6.45, 7) is 0.756. The predicted molar refractivity (Wildman–Crippen MR) is 106 cm³/mol. The van der Waals surface area contributed by atoms with E-state index < -0.39 is 10.0 Å². The van der Waals surface area contributed by atoms with Crippen LogP contribution in [-0.4, -0.2) is 31.7 Å². The molecule has 5 nitrogen and oxygen atoms in total. The van der Waals surface area contributed by atoms with Crippen LogP contribution in [0.25, 0.3) is 0 Å². The summed E-state index contributed by atoms with van der Waals surface area (Å²) in [7, 11) is -3.38. The Kier molecular flexibility index (Phi) is 6.11. The van der Waals surface area contributed by atoms with E-state index in [2.05, 4.69) is 21.2 Å². The number of carbonyl (C=O) groups excluding carboxylic acids is 1. The molecule has 2 aromatic carbocycles. The third kappa shape index (κ3) is 4.93. The van der Waals surface area contributed by atoms with E-state index >= 15 is 0 Å². The molecular formula is C19H21BrN2O3S. The lowest BCUT2D eigenvalue weighted by atomic mass is 9.97. The molecule has 0 saturated carbocycles. The molecule has 1 aliphatic heterocycles. The van der Waals surface area contributed by atoms with Crippen molar-refractivity contribution in [1.29, 1.82) is 0 Å². The fourth-order valence-electron chi connectivity index (χ4n) is 3.09. The molecule has 26 heavy (non-hydrogen) atoms. The van der Waals surface area contributed by atoms with Gasteiger partial charge in [0, 0.05) is 29.2 Å². The van der Waals surface area contributed by atoms with E-state index in [1.54, 1.807) is 0 Å². The molecule has 1 heterocycles. The Balaban J connectivity index is 1.56. The molecule has 3 rings (SSSR count). The summed E-state index contributed by atoms with van der Waals surface area (Å²) in [4.78, 5) is 12.4. The quantitative estimate of drug-likeness (QED) is 0.777. The number of nitrogens with zero attached hydrogens (tertiary/aromatic N) is 1. The maximum absolute atomic E-state index is 12.6. The topological polar surface area (TPSA) is 66.5 Å². The third-order valence-corrected chi connectivity index (χ3v) is 6.84. The minimum absolute atomic E-state index is 0.0205. The molecule has 0 bridgehead atoms. The number of sulfonamides is 1. The highest BCUT2D eigenvalue weighted by molar-refractivity contribution is 9.10. The lowest BCUT2D eigenvalue weighted by Crippen LogP contribution is -2.41. The van der Waals surface area contributed by atoms with Gasteiger partial charge in [-0.3, -0.25) is 4.79 Å². The van der Waals surface area contributed by atoms with E-state index in [0.717, 1.165) is 15.7 Å². The minimum Gasteiger partial charge on any atom is -0.326 e. The largest absolute Gasteiger partial charge is 0.326 e. The summed E-state index contributed by atoms with van der Waals surface area (Å²) in [6.07, 6.45) is 1.08. The third-order valence-electron chi connectivity index (χ3n) is 4.50. The van der Waals surface area contributed by atoms with Crippen LogP contribution in [0.15, 0.2) is 59.1 Å². The molecule has 0 aliphatic carbocycles. The highest BCUT2D eigenvalue weighted by atomic mass is 79.9. The Labute approximate surface area is 162 Å². The molecule has 1 fully saturated rings. The fourth-order valence-corrected chi connectivity index (χ4v) is 5.09. The summed E-state index contributed by atoms with van der Waals surface area (Å²) in [5, 5.41) is 2.90. The second kappa shape index (κ2) is 8.33. The number of nitrogens with one attached hydrogen (secondary N) is 1. The fraction of sp³-hybridized carbons (Fsp3) is 0.316. The van der Waals surface area contributed by atoms with E-state index in [4.69, 9.17) is 0 Å². The van der Waals surface area contributed by atoms with Gasteiger partial charge in [-0.2, -0.15) is 0 Å². The molecular weight excluding hydrogens is 416 g/mol. The van der Waals surface area contributed by atoms with Crippen LogP contribution in [0.1, 0.15) is 18.4 Å². The average molecular weight is 437 g/mol. The van der Waals surface area contributed by atoms with Gasteiger partial charge < -0.3 is 5.32 Å². The normalized spacial score (nSPS) is 16.3. The Morgan fingerprint density at radius 3 is 2.42 bits per heavy atom. The summed E-state index contributed by atoms with van der Waals surface area (Å²) in [6, 6.07) is 16.6. The molecule has 0 atom stereocenters. The van der Waals surface area contributed by atoms with E-state index in [1.807, 2.05) is 54.6 Å². The van der Waals surface area contributed by atoms with E-state index in [-0.39, 0.29) is 17.6 Å². The number of piperidine rings is 1. The lowest BCUT2D eigenvalue weighted by molar-refractivity contribution is -0.120. The van der Waals surface area contributed by atoms with Crippen molar-refractivity contribution in [2.24, 2.45) is 5.92 Å². The number of benzene rings is 2. The maximum atomic E-state index is 12.6. The molecule has 1 amide bonds. The summed E-state index contributed by atoms with van der Waals surface area (Å²) in [5.74, 6) is -0.222. The Morgan fingerprint density at radius 2 is 1.77 bits per heavy atom. The van der Waals surface area contributed by atoms with Crippen LogP contribution in [-0.2, 0) is 20.6 Å². The smallest absolute Gasteiger partial charge is 0.227 e. The van der Waals surface area contributed by atoms with Gasteiger partial charge in [-0.1, -0.05) is 46.3 Å².